The summed E-state index contributed by atoms with van der Waals surface area (Å²) in [4.78, 5) is 3.27. The molecule has 158 valence electrons. The van der Waals surface area contributed by atoms with Gasteiger partial charge in [0.25, 0.3) is 0 Å². The molecule has 0 saturated carbocycles. The Bertz CT molecular complexity index is 972. The van der Waals surface area contributed by atoms with E-state index in [-0.39, 0.29) is 0 Å². The Morgan fingerprint density at radius 2 is 1.20 bits per heavy atom. The van der Waals surface area contributed by atoms with E-state index in [0.29, 0.717) is 5.75 Å². The molecule has 0 aliphatic carbocycles. The lowest BCUT2D eigenvalue weighted by Crippen LogP contribution is -3.27. The number of methoxy groups -OCH3 is 3. The summed E-state index contributed by atoms with van der Waals surface area (Å²) in [6.45, 7) is 6.78. The van der Waals surface area contributed by atoms with E-state index in [1.807, 2.05) is 0 Å². The molecule has 0 atom stereocenters. The van der Waals surface area contributed by atoms with Crippen molar-refractivity contribution in [2.75, 3.05) is 47.5 Å². The molecule has 1 aliphatic rings. The average Bonchev–Trinajstić information content (AvgIpc) is 2.79. The first-order valence-corrected chi connectivity index (χ1v) is 10.6. The molecule has 5 nitrogen and oxygen atoms in total. The van der Waals surface area contributed by atoms with Gasteiger partial charge in [0, 0.05) is 11.1 Å². The van der Waals surface area contributed by atoms with Gasteiger partial charge in [-0.1, -0.05) is 36.4 Å². The second kappa shape index (κ2) is 9.37. The second-order valence-electron chi connectivity index (χ2n) is 8.07. The number of piperazine rings is 1. The Hall–Kier alpha value is -2.76. The molecule has 1 saturated heterocycles. The Morgan fingerprint density at radius 1 is 0.633 bits per heavy atom. The molecule has 0 unspecified atom stereocenters. The fourth-order valence-electron chi connectivity index (χ4n) is 4.47. The van der Waals surface area contributed by atoms with E-state index >= 15 is 0 Å². The van der Waals surface area contributed by atoms with Gasteiger partial charge in [-0.2, -0.15) is 0 Å². The van der Waals surface area contributed by atoms with Crippen LogP contribution in [0.4, 0.5) is 0 Å². The highest BCUT2D eigenvalue weighted by atomic mass is 16.5. The van der Waals surface area contributed by atoms with Crippen LogP contribution in [0.25, 0.3) is 10.8 Å². The molecule has 3 aromatic carbocycles. The zero-order chi connectivity index (χ0) is 20.9. The highest BCUT2D eigenvalue weighted by Gasteiger charge is 2.24. The monoisotopic (exact) mass is 408 g/mol. The third-order valence-electron chi connectivity index (χ3n) is 6.11. The molecule has 3 aromatic rings. The van der Waals surface area contributed by atoms with Crippen molar-refractivity contribution in [3.05, 3.63) is 65.7 Å². The highest BCUT2D eigenvalue weighted by molar-refractivity contribution is 5.82. The van der Waals surface area contributed by atoms with Crippen molar-refractivity contribution < 1.29 is 24.0 Å². The van der Waals surface area contributed by atoms with Crippen molar-refractivity contribution in [1.29, 1.82) is 0 Å². The van der Waals surface area contributed by atoms with Gasteiger partial charge >= 0.3 is 0 Å². The zero-order valence-corrected chi connectivity index (χ0v) is 18.2. The van der Waals surface area contributed by atoms with Crippen molar-refractivity contribution in [2.45, 2.75) is 13.1 Å². The summed E-state index contributed by atoms with van der Waals surface area (Å²) in [6.07, 6.45) is 0. The SMILES string of the molecule is COc1cc(C[NH+]2CC[NH+](Cc3ccc4ccccc4c3)CC2)cc(OC)c1OC. The van der Waals surface area contributed by atoms with Crippen LogP contribution >= 0.6 is 0 Å². The van der Waals surface area contributed by atoms with Gasteiger partial charge in [0.05, 0.1) is 21.3 Å². The average molecular weight is 409 g/mol. The van der Waals surface area contributed by atoms with Crippen molar-refractivity contribution in [3.8, 4) is 17.2 Å². The predicted molar refractivity (Wildman–Crippen MR) is 119 cm³/mol. The lowest BCUT2D eigenvalue weighted by atomic mass is 10.1. The molecule has 4 rings (SSSR count). The molecule has 1 heterocycles. The molecular weight excluding hydrogens is 376 g/mol. The van der Waals surface area contributed by atoms with Crippen LogP contribution in [0.1, 0.15) is 11.1 Å². The van der Waals surface area contributed by atoms with Gasteiger partial charge in [0.1, 0.15) is 39.3 Å². The Kier molecular flexibility index (Phi) is 6.41. The van der Waals surface area contributed by atoms with E-state index in [1.165, 1.54) is 48.1 Å². The minimum absolute atomic E-state index is 0.656. The summed E-state index contributed by atoms with van der Waals surface area (Å²) in [7, 11) is 4.98. The normalized spacial score (nSPS) is 18.9. The number of hydrogen-bond acceptors (Lipinski definition) is 3. The van der Waals surface area contributed by atoms with E-state index in [4.69, 9.17) is 14.2 Å². The summed E-state index contributed by atoms with van der Waals surface area (Å²) in [5.74, 6) is 2.11. The minimum atomic E-state index is 0.656. The fraction of sp³-hybridized carbons (Fsp3) is 0.360. The lowest BCUT2D eigenvalue weighted by molar-refractivity contribution is -1.02. The van der Waals surface area contributed by atoms with E-state index in [2.05, 4.69) is 54.6 Å². The van der Waals surface area contributed by atoms with Crippen LogP contribution in [0.3, 0.4) is 0 Å². The van der Waals surface area contributed by atoms with Crippen molar-refractivity contribution >= 4 is 10.8 Å². The summed E-state index contributed by atoms with van der Waals surface area (Å²) in [5, 5.41) is 2.65. The first-order valence-electron chi connectivity index (χ1n) is 10.6. The molecular formula is C25H32N2O3+2. The Morgan fingerprint density at radius 3 is 1.77 bits per heavy atom. The van der Waals surface area contributed by atoms with Crippen LogP contribution in [-0.2, 0) is 13.1 Å². The molecule has 0 radical (unpaired) electrons. The van der Waals surface area contributed by atoms with Crippen molar-refractivity contribution in [3.63, 3.8) is 0 Å². The predicted octanol–water partition coefficient (Wildman–Crippen LogP) is 1.35. The summed E-state index contributed by atoms with van der Waals surface area (Å²) in [6, 6.07) is 19.6. The lowest BCUT2D eigenvalue weighted by Gasteiger charge is -2.30. The number of benzene rings is 3. The summed E-state index contributed by atoms with van der Waals surface area (Å²) in [5.41, 5.74) is 2.65. The minimum Gasteiger partial charge on any atom is -0.493 e. The third kappa shape index (κ3) is 4.53. The molecule has 0 spiro atoms. The molecule has 0 amide bonds. The maximum absolute atomic E-state index is 5.50. The third-order valence-corrected chi connectivity index (χ3v) is 6.11. The number of nitrogens with one attached hydrogen (secondary N) is 2. The maximum Gasteiger partial charge on any atom is 0.203 e. The number of quaternary nitrogens is 2. The van der Waals surface area contributed by atoms with Gasteiger partial charge in [-0.15, -0.1) is 0 Å². The zero-order valence-electron chi connectivity index (χ0n) is 18.2. The molecule has 1 fully saturated rings. The quantitative estimate of drug-likeness (QED) is 0.620. The van der Waals surface area contributed by atoms with E-state index in [1.54, 1.807) is 31.1 Å². The van der Waals surface area contributed by atoms with Crippen LogP contribution < -0.4 is 24.0 Å². The van der Waals surface area contributed by atoms with Crippen molar-refractivity contribution in [1.82, 2.24) is 0 Å². The van der Waals surface area contributed by atoms with Crippen molar-refractivity contribution in [2.24, 2.45) is 0 Å². The largest absolute Gasteiger partial charge is 0.493 e. The highest BCUT2D eigenvalue weighted by Crippen LogP contribution is 2.37. The maximum atomic E-state index is 5.50. The van der Waals surface area contributed by atoms with E-state index < -0.39 is 0 Å². The summed E-state index contributed by atoms with van der Waals surface area (Å²) >= 11 is 0. The van der Waals surface area contributed by atoms with Gasteiger partial charge in [-0.05, 0) is 29.0 Å². The Balaban J connectivity index is 1.36. The molecule has 0 bridgehead atoms. The molecule has 1 aliphatic heterocycles. The topological polar surface area (TPSA) is 36.6 Å². The van der Waals surface area contributed by atoms with Gasteiger partial charge in [-0.25, -0.2) is 0 Å². The van der Waals surface area contributed by atoms with Crippen LogP contribution in [0.5, 0.6) is 17.2 Å². The smallest absolute Gasteiger partial charge is 0.203 e. The van der Waals surface area contributed by atoms with Gasteiger partial charge in [-0.3, -0.25) is 0 Å². The molecule has 5 heteroatoms. The number of ether oxygens (including phenoxy) is 3. The van der Waals surface area contributed by atoms with E-state index in [0.717, 1.165) is 24.6 Å². The molecule has 2 N–H and O–H groups in total. The van der Waals surface area contributed by atoms with Crippen LogP contribution in [-0.4, -0.2) is 47.5 Å². The number of rotatable bonds is 7. The van der Waals surface area contributed by atoms with Gasteiger partial charge in [0.15, 0.2) is 11.5 Å². The fourth-order valence-corrected chi connectivity index (χ4v) is 4.47. The van der Waals surface area contributed by atoms with E-state index in [9.17, 15) is 0 Å². The molecule has 30 heavy (non-hydrogen) atoms. The number of fused-ring (bicyclic) bond motifs is 1. The number of hydrogen-bond donors (Lipinski definition) is 2. The molecule has 0 aromatic heterocycles. The van der Waals surface area contributed by atoms with Crippen LogP contribution in [0.15, 0.2) is 54.6 Å². The first-order chi connectivity index (χ1) is 14.7. The standard InChI is InChI=1S/C25H30N2O3/c1-28-23-15-20(16-24(29-2)25(23)30-3)18-27-12-10-26(11-13-27)17-19-8-9-21-6-4-5-7-22(21)14-19/h4-9,14-16H,10-13,17-18H2,1-3H3/p+2. The summed E-state index contributed by atoms with van der Waals surface area (Å²) < 4.78 is 16.4. The second-order valence-corrected chi connectivity index (χ2v) is 8.07. The van der Waals surface area contributed by atoms with Gasteiger partial charge in [0.2, 0.25) is 5.75 Å². The van der Waals surface area contributed by atoms with Crippen LogP contribution in [0, 0.1) is 0 Å². The Labute approximate surface area is 178 Å². The first kappa shape index (κ1) is 20.5. The van der Waals surface area contributed by atoms with Gasteiger partial charge < -0.3 is 24.0 Å². The van der Waals surface area contributed by atoms with Crippen LogP contribution in [0.2, 0.25) is 0 Å².